The van der Waals surface area contributed by atoms with Crippen molar-refractivity contribution in [3.63, 3.8) is 0 Å². The molecule has 2 rings (SSSR count). The van der Waals surface area contributed by atoms with Gasteiger partial charge in [-0.3, -0.25) is 11.3 Å². The molecule has 21 heavy (non-hydrogen) atoms. The second-order valence-electron chi connectivity index (χ2n) is 5.24. The Morgan fingerprint density at radius 3 is 2.62 bits per heavy atom. The number of methoxy groups -OCH3 is 1. The van der Waals surface area contributed by atoms with Crippen LogP contribution in [0.4, 0.5) is 0 Å². The molecular weight excluding hydrogens is 328 g/mol. The van der Waals surface area contributed by atoms with Crippen LogP contribution in [0.2, 0.25) is 0 Å². The van der Waals surface area contributed by atoms with Gasteiger partial charge >= 0.3 is 0 Å². The Morgan fingerprint density at radius 2 is 1.95 bits per heavy atom. The minimum absolute atomic E-state index is 0.0492. The molecule has 112 valence electrons. The Kier molecular flexibility index (Phi) is 5.39. The Morgan fingerprint density at radius 1 is 1.19 bits per heavy atom. The topological polar surface area (TPSA) is 47.3 Å². The van der Waals surface area contributed by atoms with Gasteiger partial charge in [0.25, 0.3) is 0 Å². The zero-order valence-corrected chi connectivity index (χ0v) is 14.2. The summed E-state index contributed by atoms with van der Waals surface area (Å²) in [4.78, 5) is 0. The van der Waals surface area contributed by atoms with Crippen LogP contribution in [0, 0.1) is 13.8 Å². The van der Waals surface area contributed by atoms with Gasteiger partial charge in [0.2, 0.25) is 0 Å². The van der Waals surface area contributed by atoms with Crippen molar-refractivity contribution < 1.29 is 4.74 Å². The number of halogens is 1. The van der Waals surface area contributed by atoms with Gasteiger partial charge in [-0.15, -0.1) is 0 Å². The maximum Gasteiger partial charge on any atom is 0.122 e. The van der Waals surface area contributed by atoms with Gasteiger partial charge in [0.05, 0.1) is 13.2 Å². The molecule has 0 aliphatic heterocycles. The predicted molar refractivity (Wildman–Crippen MR) is 90.4 cm³/mol. The molecule has 0 bridgehead atoms. The average Bonchev–Trinajstić information content (AvgIpc) is 2.47. The standard InChI is InChI=1S/C17H21BrN2O/c1-11-4-5-12(2)15(8-11)16(20-19)10-13-9-14(18)6-7-17(13)21-3/h4-9,16,20H,10,19H2,1-3H3. The van der Waals surface area contributed by atoms with Crippen LogP contribution in [0.5, 0.6) is 5.75 Å². The number of hydrazine groups is 1. The highest BCUT2D eigenvalue weighted by Crippen LogP contribution is 2.29. The fraction of sp³-hybridized carbons (Fsp3) is 0.294. The summed E-state index contributed by atoms with van der Waals surface area (Å²) in [6, 6.07) is 12.5. The van der Waals surface area contributed by atoms with Gasteiger partial charge in [-0.05, 0) is 55.2 Å². The van der Waals surface area contributed by atoms with E-state index in [0.29, 0.717) is 0 Å². The first-order valence-electron chi connectivity index (χ1n) is 6.91. The molecule has 0 saturated heterocycles. The molecule has 0 aromatic heterocycles. The molecule has 1 unspecified atom stereocenters. The first kappa shape index (κ1) is 16.0. The average molecular weight is 349 g/mol. The third kappa shape index (κ3) is 3.84. The quantitative estimate of drug-likeness (QED) is 0.637. The van der Waals surface area contributed by atoms with Crippen LogP contribution < -0.4 is 16.0 Å². The van der Waals surface area contributed by atoms with Crippen molar-refractivity contribution in [2.24, 2.45) is 5.84 Å². The maximum atomic E-state index is 5.80. The third-order valence-electron chi connectivity index (χ3n) is 3.68. The number of hydrogen-bond donors (Lipinski definition) is 2. The van der Waals surface area contributed by atoms with Crippen molar-refractivity contribution >= 4 is 15.9 Å². The van der Waals surface area contributed by atoms with Crippen LogP contribution in [-0.2, 0) is 6.42 Å². The largest absolute Gasteiger partial charge is 0.496 e. The Balaban J connectivity index is 2.35. The number of aryl methyl sites for hydroxylation is 2. The summed E-state index contributed by atoms with van der Waals surface area (Å²) in [7, 11) is 1.69. The van der Waals surface area contributed by atoms with Crippen LogP contribution >= 0.6 is 15.9 Å². The highest BCUT2D eigenvalue weighted by Gasteiger charge is 2.16. The van der Waals surface area contributed by atoms with Gasteiger partial charge in [-0.25, -0.2) is 0 Å². The second kappa shape index (κ2) is 7.07. The van der Waals surface area contributed by atoms with Gasteiger partial charge in [-0.1, -0.05) is 39.7 Å². The zero-order chi connectivity index (χ0) is 15.4. The Bertz CT molecular complexity index is 628. The molecule has 3 nitrogen and oxygen atoms in total. The molecule has 0 saturated carbocycles. The summed E-state index contributed by atoms with van der Waals surface area (Å²) >= 11 is 3.51. The number of benzene rings is 2. The summed E-state index contributed by atoms with van der Waals surface area (Å²) in [5.74, 6) is 6.68. The molecule has 1 atom stereocenters. The van der Waals surface area contributed by atoms with E-state index in [9.17, 15) is 0 Å². The molecule has 2 aromatic rings. The van der Waals surface area contributed by atoms with E-state index >= 15 is 0 Å². The molecule has 0 aliphatic rings. The van der Waals surface area contributed by atoms with Crippen LogP contribution in [0.1, 0.15) is 28.3 Å². The molecule has 2 aromatic carbocycles. The number of nitrogens with one attached hydrogen (secondary N) is 1. The number of ether oxygens (including phenoxy) is 1. The summed E-state index contributed by atoms with van der Waals surface area (Å²) in [5.41, 5.74) is 7.74. The van der Waals surface area contributed by atoms with Crippen molar-refractivity contribution in [1.82, 2.24) is 5.43 Å². The zero-order valence-electron chi connectivity index (χ0n) is 12.6. The first-order valence-corrected chi connectivity index (χ1v) is 7.70. The van der Waals surface area contributed by atoms with E-state index < -0.39 is 0 Å². The van der Waals surface area contributed by atoms with Gasteiger partial charge in [0.1, 0.15) is 5.75 Å². The van der Waals surface area contributed by atoms with Crippen LogP contribution in [0.25, 0.3) is 0 Å². The molecular formula is C17H21BrN2O. The van der Waals surface area contributed by atoms with Gasteiger partial charge in [-0.2, -0.15) is 0 Å². The minimum Gasteiger partial charge on any atom is -0.496 e. The lowest BCUT2D eigenvalue weighted by Gasteiger charge is -2.20. The van der Waals surface area contributed by atoms with Gasteiger partial charge < -0.3 is 4.74 Å². The summed E-state index contributed by atoms with van der Waals surface area (Å²) < 4.78 is 6.48. The van der Waals surface area contributed by atoms with E-state index in [1.807, 2.05) is 12.1 Å². The fourth-order valence-corrected chi connectivity index (χ4v) is 2.93. The monoisotopic (exact) mass is 348 g/mol. The molecule has 0 heterocycles. The molecule has 0 fully saturated rings. The molecule has 0 radical (unpaired) electrons. The Hall–Kier alpha value is -1.36. The normalized spacial score (nSPS) is 12.2. The van der Waals surface area contributed by atoms with Crippen LogP contribution in [0.15, 0.2) is 40.9 Å². The van der Waals surface area contributed by atoms with E-state index in [1.54, 1.807) is 7.11 Å². The fourth-order valence-electron chi connectivity index (χ4n) is 2.52. The van der Waals surface area contributed by atoms with E-state index in [2.05, 4.69) is 59.5 Å². The van der Waals surface area contributed by atoms with Gasteiger partial charge in [0, 0.05) is 4.47 Å². The van der Waals surface area contributed by atoms with E-state index in [1.165, 1.54) is 16.7 Å². The SMILES string of the molecule is COc1ccc(Br)cc1CC(NN)c1cc(C)ccc1C. The third-order valence-corrected chi connectivity index (χ3v) is 4.17. The smallest absolute Gasteiger partial charge is 0.122 e. The van der Waals surface area contributed by atoms with Crippen molar-refractivity contribution in [1.29, 1.82) is 0 Å². The van der Waals surface area contributed by atoms with E-state index in [0.717, 1.165) is 22.2 Å². The van der Waals surface area contributed by atoms with Crippen molar-refractivity contribution in [3.05, 3.63) is 63.1 Å². The number of nitrogens with two attached hydrogens (primary N) is 1. The lowest BCUT2D eigenvalue weighted by molar-refractivity contribution is 0.405. The highest BCUT2D eigenvalue weighted by molar-refractivity contribution is 9.10. The van der Waals surface area contributed by atoms with E-state index in [4.69, 9.17) is 10.6 Å². The lowest BCUT2D eigenvalue weighted by atomic mass is 9.94. The van der Waals surface area contributed by atoms with Crippen molar-refractivity contribution in [3.8, 4) is 5.75 Å². The van der Waals surface area contributed by atoms with Crippen LogP contribution in [-0.4, -0.2) is 7.11 Å². The highest BCUT2D eigenvalue weighted by atomic mass is 79.9. The molecule has 0 spiro atoms. The van der Waals surface area contributed by atoms with Crippen LogP contribution in [0.3, 0.4) is 0 Å². The summed E-state index contributed by atoms with van der Waals surface area (Å²) in [6.07, 6.45) is 0.767. The molecule has 0 amide bonds. The maximum absolute atomic E-state index is 5.80. The first-order chi connectivity index (χ1) is 10.0. The predicted octanol–water partition coefficient (Wildman–Crippen LogP) is 3.82. The minimum atomic E-state index is 0.0492. The molecule has 3 N–H and O–H groups in total. The van der Waals surface area contributed by atoms with Crippen molar-refractivity contribution in [2.75, 3.05) is 7.11 Å². The molecule has 4 heteroatoms. The van der Waals surface area contributed by atoms with E-state index in [-0.39, 0.29) is 6.04 Å². The summed E-state index contributed by atoms with van der Waals surface area (Å²) in [5, 5.41) is 0. The number of rotatable bonds is 5. The molecule has 0 aliphatic carbocycles. The van der Waals surface area contributed by atoms with Gasteiger partial charge in [0.15, 0.2) is 0 Å². The lowest BCUT2D eigenvalue weighted by Crippen LogP contribution is -2.30. The van der Waals surface area contributed by atoms with Crippen molar-refractivity contribution in [2.45, 2.75) is 26.3 Å². The number of hydrogen-bond acceptors (Lipinski definition) is 3. The summed E-state index contributed by atoms with van der Waals surface area (Å²) in [6.45, 7) is 4.20. The second-order valence-corrected chi connectivity index (χ2v) is 6.16. The Labute approximate surface area is 134 Å².